The second-order valence-electron chi connectivity index (χ2n) is 7.40. The van der Waals surface area contributed by atoms with Crippen LogP contribution in [0.4, 0.5) is 0 Å². The molecule has 0 fully saturated rings. The molecule has 0 saturated carbocycles. The highest BCUT2D eigenvalue weighted by molar-refractivity contribution is 6.17. The van der Waals surface area contributed by atoms with Crippen LogP contribution in [-0.4, -0.2) is 41.5 Å². The lowest BCUT2D eigenvalue weighted by atomic mass is 10.1. The van der Waals surface area contributed by atoms with Crippen molar-refractivity contribution in [3.05, 3.63) is 82.8 Å². The number of rotatable bonds is 0. The van der Waals surface area contributed by atoms with Gasteiger partial charge in [0.05, 0.1) is 22.9 Å². The highest BCUT2D eigenvalue weighted by atomic mass is 15.6. The molecule has 8 rings (SSSR count). The zero-order valence-corrected chi connectivity index (χ0v) is 13.3. The normalized spacial score (nSPS) is 32.7. The van der Waals surface area contributed by atoms with Crippen molar-refractivity contribution in [1.82, 2.24) is 4.57 Å². The van der Waals surface area contributed by atoms with E-state index in [0.717, 1.165) is 0 Å². The monoisotopic (exact) mass is 321 g/mol. The van der Waals surface area contributed by atoms with Gasteiger partial charge in [0.25, 0.3) is 0 Å². The first-order valence-corrected chi connectivity index (χ1v) is 8.76. The molecule has 0 aliphatic carbocycles. The van der Waals surface area contributed by atoms with Crippen LogP contribution >= 0.6 is 0 Å². The summed E-state index contributed by atoms with van der Waals surface area (Å²) in [5, 5.41) is 2.53. The molecule has 0 bridgehead atoms. The minimum Gasteiger partial charge on any atom is -0.156 e. The lowest BCUT2D eigenvalue weighted by Crippen LogP contribution is -2.72. The Morgan fingerprint density at radius 2 is 1.48 bits per heavy atom. The third-order valence-electron chi connectivity index (χ3n) is 6.32. The Kier molecular flexibility index (Phi) is 1.42. The SMILES string of the molecule is C1=CC2=[N+]3C1=CC1=[N+]4C(C=C1)C=C1C=CC5=[N+]1C34n1c(ccc1=C5)=C2. The Bertz CT molecular complexity index is 1360. The maximum Gasteiger partial charge on any atom is 0.662 e. The fraction of sp³-hybridized carbons (Fsp3) is 0.0952. The van der Waals surface area contributed by atoms with Gasteiger partial charge >= 0.3 is 5.91 Å². The van der Waals surface area contributed by atoms with Crippen molar-refractivity contribution in [1.29, 1.82) is 0 Å². The summed E-state index contributed by atoms with van der Waals surface area (Å²) in [7, 11) is 0. The van der Waals surface area contributed by atoms with Crippen molar-refractivity contribution < 1.29 is 13.7 Å². The van der Waals surface area contributed by atoms with Crippen LogP contribution in [0.25, 0.3) is 12.2 Å². The lowest BCUT2D eigenvalue weighted by molar-refractivity contribution is -1.02. The van der Waals surface area contributed by atoms with Crippen molar-refractivity contribution in [2.24, 2.45) is 0 Å². The van der Waals surface area contributed by atoms with Gasteiger partial charge in [-0.3, -0.25) is 0 Å². The first-order valence-electron chi connectivity index (χ1n) is 8.76. The van der Waals surface area contributed by atoms with Gasteiger partial charge in [0.2, 0.25) is 34.6 Å². The molecule has 1 aromatic rings. The molecule has 0 aromatic carbocycles. The smallest absolute Gasteiger partial charge is 0.156 e. The molecule has 7 aliphatic heterocycles. The molecule has 1 aromatic heterocycles. The predicted octanol–water partition coefficient (Wildman–Crippen LogP) is -0.122. The van der Waals surface area contributed by atoms with Crippen LogP contribution in [0.1, 0.15) is 0 Å². The summed E-state index contributed by atoms with van der Waals surface area (Å²) in [6, 6.07) is 4.78. The van der Waals surface area contributed by atoms with Gasteiger partial charge < -0.3 is 0 Å². The van der Waals surface area contributed by atoms with Crippen LogP contribution in [0.3, 0.4) is 0 Å². The average Bonchev–Trinajstić information content (AvgIpc) is 3.38. The Hall–Kier alpha value is -3.27. The van der Waals surface area contributed by atoms with Crippen LogP contribution in [0.5, 0.6) is 0 Å². The van der Waals surface area contributed by atoms with E-state index in [1.807, 2.05) is 0 Å². The maximum absolute atomic E-state index is 2.56. The van der Waals surface area contributed by atoms with Crippen molar-refractivity contribution in [2.45, 2.75) is 12.0 Å². The van der Waals surface area contributed by atoms with Gasteiger partial charge in [-0.25, -0.2) is 0 Å². The molecule has 4 heteroatoms. The minimum absolute atomic E-state index is 0.282. The Morgan fingerprint density at radius 3 is 2.28 bits per heavy atom. The summed E-state index contributed by atoms with van der Waals surface area (Å²) >= 11 is 0. The fourth-order valence-corrected chi connectivity index (χ4v) is 5.55. The molecule has 0 radical (unpaired) electrons. The van der Waals surface area contributed by atoms with E-state index in [0.29, 0.717) is 0 Å². The highest BCUT2D eigenvalue weighted by Crippen LogP contribution is 2.42. The van der Waals surface area contributed by atoms with Crippen molar-refractivity contribution in [2.75, 3.05) is 0 Å². The van der Waals surface area contributed by atoms with E-state index < -0.39 is 5.91 Å². The van der Waals surface area contributed by atoms with E-state index in [-0.39, 0.29) is 6.04 Å². The van der Waals surface area contributed by atoms with Crippen LogP contribution in [-0.2, 0) is 5.91 Å². The topological polar surface area (TPSA) is 14.0 Å². The van der Waals surface area contributed by atoms with E-state index in [9.17, 15) is 0 Å². The third kappa shape index (κ3) is 0.924. The van der Waals surface area contributed by atoms with Crippen LogP contribution < -0.4 is 10.7 Å². The van der Waals surface area contributed by atoms with E-state index in [1.165, 1.54) is 39.2 Å². The van der Waals surface area contributed by atoms with Crippen LogP contribution in [0, 0.1) is 0 Å². The molecule has 0 saturated heterocycles. The van der Waals surface area contributed by atoms with E-state index >= 15 is 0 Å². The van der Waals surface area contributed by atoms with Gasteiger partial charge in [-0.05, 0) is 27.4 Å². The number of hydrogen-bond donors (Lipinski definition) is 0. The van der Waals surface area contributed by atoms with Crippen molar-refractivity contribution in [3.8, 4) is 0 Å². The molecule has 0 amide bonds. The molecule has 1 spiro atoms. The molecule has 4 nitrogen and oxygen atoms in total. The zero-order chi connectivity index (χ0) is 15.9. The van der Waals surface area contributed by atoms with Crippen molar-refractivity contribution >= 4 is 29.3 Å². The summed E-state index contributed by atoms with van der Waals surface area (Å²) < 4.78 is 10.1. The molecule has 2 unspecified atom stereocenters. The first-order chi connectivity index (χ1) is 12.4. The fourth-order valence-electron chi connectivity index (χ4n) is 5.55. The summed E-state index contributed by atoms with van der Waals surface area (Å²) in [6.45, 7) is 0. The molecular weight excluding hydrogens is 308 g/mol. The van der Waals surface area contributed by atoms with Gasteiger partial charge in [-0.2, -0.15) is 4.57 Å². The summed E-state index contributed by atoms with van der Waals surface area (Å²) in [5.74, 6) is -0.396. The van der Waals surface area contributed by atoms with Gasteiger partial charge in [0.15, 0.2) is 0 Å². The first kappa shape index (κ1) is 11.3. The Labute approximate surface area is 143 Å². The maximum atomic E-state index is 2.56. The number of nitrogens with zero attached hydrogens (tertiary/aromatic N) is 4. The lowest BCUT2D eigenvalue weighted by Gasteiger charge is -2.32. The van der Waals surface area contributed by atoms with Crippen molar-refractivity contribution in [3.63, 3.8) is 0 Å². The largest absolute Gasteiger partial charge is 0.662 e. The second kappa shape index (κ2) is 3.14. The van der Waals surface area contributed by atoms with E-state index in [4.69, 9.17) is 0 Å². The molecule has 114 valence electrons. The van der Waals surface area contributed by atoms with Gasteiger partial charge in [0, 0.05) is 42.5 Å². The standard InChI is InChI=1S/C21H13N4/c1-2-14-10-16-5-6-18-12-20-8-7-19-11-17-4-3-15-9-13(1)22(14)21(23(15)17,24(16)18)25(19)20/h1-13H/q+3. The predicted molar refractivity (Wildman–Crippen MR) is 93.8 cm³/mol. The molecular formula is C21H13N4+3. The van der Waals surface area contributed by atoms with Gasteiger partial charge in [-0.1, -0.05) is 4.58 Å². The number of aromatic nitrogens is 1. The summed E-state index contributed by atoms with van der Waals surface area (Å²) in [6.07, 6.45) is 22.9. The van der Waals surface area contributed by atoms with Gasteiger partial charge in [-0.15, -0.1) is 0 Å². The number of hydrogen-bond acceptors (Lipinski definition) is 0. The quantitative estimate of drug-likeness (QED) is 0.592. The third-order valence-corrected chi connectivity index (χ3v) is 6.32. The van der Waals surface area contributed by atoms with E-state index in [1.54, 1.807) is 0 Å². The zero-order valence-electron chi connectivity index (χ0n) is 13.3. The Morgan fingerprint density at radius 1 is 0.760 bits per heavy atom. The van der Waals surface area contributed by atoms with Crippen LogP contribution in [0.2, 0.25) is 0 Å². The number of allylic oxidation sites excluding steroid dienone is 6. The second-order valence-corrected chi connectivity index (χ2v) is 7.40. The molecule has 0 N–H and O–H groups in total. The molecule has 25 heavy (non-hydrogen) atoms. The minimum atomic E-state index is -0.396. The molecule has 7 aliphatic rings. The molecule has 2 atom stereocenters. The Balaban J connectivity index is 1.74. The van der Waals surface area contributed by atoms with Gasteiger partial charge in [0.1, 0.15) is 0 Å². The van der Waals surface area contributed by atoms with Crippen LogP contribution in [0.15, 0.2) is 72.1 Å². The summed E-state index contributed by atoms with van der Waals surface area (Å²) in [4.78, 5) is 0. The summed E-state index contributed by atoms with van der Waals surface area (Å²) in [5.41, 5.74) is 6.38. The van der Waals surface area contributed by atoms with E-state index in [2.05, 4.69) is 91.2 Å². The average molecular weight is 321 g/mol. The highest BCUT2D eigenvalue weighted by Gasteiger charge is 2.78. The molecule has 8 heterocycles.